The van der Waals surface area contributed by atoms with Gasteiger partial charge < -0.3 is 10.6 Å². The molecule has 2 rings (SSSR count). The van der Waals surface area contributed by atoms with Gasteiger partial charge in [0.2, 0.25) is 0 Å². The smallest absolute Gasteiger partial charge is 0.0594 e. The molecule has 1 saturated heterocycles. The average molecular weight is 311 g/mol. The van der Waals surface area contributed by atoms with Gasteiger partial charge in [-0.3, -0.25) is 9.80 Å². The van der Waals surface area contributed by atoms with Gasteiger partial charge in [0.05, 0.1) is 6.04 Å². The van der Waals surface area contributed by atoms with Crippen molar-refractivity contribution in [2.45, 2.75) is 25.9 Å². The zero-order chi connectivity index (χ0) is 15.4. The minimum Gasteiger partial charge on any atom is -0.326 e. The second-order valence-corrected chi connectivity index (χ2v) is 7.40. The van der Waals surface area contributed by atoms with Gasteiger partial charge in [-0.15, -0.1) is 11.3 Å². The maximum absolute atomic E-state index is 6.31. The van der Waals surface area contributed by atoms with Crippen LogP contribution in [0.2, 0.25) is 0 Å². The fraction of sp³-hybridized carbons (Fsp3) is 0.750. The van der Waals surface area contributed by atoms with Crippen molar-refractivity contribution in [2.24, 2.45) is 5.73 Å². The van der Waals surface area contributed by atoms with E-state index < -0.39 is 0 Å². The molecule has 0 aliphatic carbocycles. The lowest BCUT2D eigenvalue weighted by molar-refractivity contribution is 0.0842. The van der Waals surface area contributed by atoms with Gasteiger partial charge in [-0.05, 0) is 45.0 Å². The third-order valence-corrected chi connectivity index (χ3v) is 5.42. The monoisotopic (exact) mass is 310 g/mol. The number of aryl methyl sites for hydroxylation is 1. The largest absolute Gasteiger partial charge is 0.326 e. The van der Waals surface area contributed by atoms with E-state index in [1.54, 1.807) is 0 Å². The Balaban J connectivity index is 1.94. The highest BCUT2D eigenvalue weighted by Crippen LogP contribution is 2.31. The lowest BCUT2D eigenvalue weighted by Crippen LogP contribution is -2.51. The van der Waals surface area contributed by atoms with Crippen molar-refractivity contribution in [2.75, 3.05) is 53.4 Å². The zero-order valence-corrected chi connectivity index (χ0v) is 14.7. The molecule has 0 spiro atoms. The van der Waals surface area contributed by atoms with Crippen LogP contribution in [0.3, 0.4) is 0 Å². The average Bonchev–Trinajstić information content (AvgIpc) is 2.84. The maximum Gasteiger partial charge on any atom is 0.0594 e. The summed E-state index contributed by atoms with van der Waals surface area (Å²) in [6.07, 6.45) is 0. The molecule has 2 heterocycles. The summed E-state index contributed by atoms with van der Waals surface area (Å²) in [5.41, 5.74) is 7.69. The van der Waals surface area contributed by atoms with Crippen molar-refractivity contribution < 1.29 is 0 Å². The molecule has 2 N–H and O–H groups in total. The predicted octanol–water partition coefficient (Wildman–Crippen LogP) is 1.62. The van der Waals surface area contributed by atoms with E-state index in [1.165, 1.54) is 17.0 Å². The lowest BCUT2D eigenvalue weighted by Gasteiger charge is -2.41. The van der Waals surface area contributed by atoms with Crippen LogP contribution in [0.4, 0.5) is 0 Å². The van der Waals surface area contributed by atoms with Crippen LogP contribution in [0.1, 0.15) is 23.4 Å². The summed E-state index contributed by atoms with van der Waals surface area (Å²) in [7, 11) is 4.28. The summed E-state index contributed by atoms with van der Waals surface area (Å²) in [6.45, 7) is 11.2. The summed E-state index contributed by atoms with van der Waals surface area (Å²) in [4.78, 5) is 8.85. The topological polar surface area (TPSA) is 35.7 Å². The van der Waals surface area contributed by atoms with Gasteiger partial charge in [0.25, 0.3) is 0 Å². The quantitative estimate of drug-likeness (QED) is 0.866. The first kappa shape index (κ1) is 16.9. The number of hydrogen-bond donors (Lipinski definition) is 1. The first-order valence-electron chi connectivity index (χ1n) is 7.89. The number of piperazine rings is 1. The SMILES string of the molecule is Cc1ccsc1C(C(C)N)N1CCN(CCN(C)C)CC1. The normalized spacial score (nSPS) is 20.9. The summed E-state index contributed by atoms with van der Waals surface area (Å²) in [5.74, 6) is 0. The molecule has 1 aliphatic rings. The van der Waals surface area contributed by atoms with Crippen molar-refractivity contribution in [3.05, 3.63) is 21.9 Å². The van der Waals surface area contributed by atoms with Crippen LogP contribution in [-0.4, -0.2) is 74.1 Å². The molecule has 2 unspecified atom stereocenters. The summed E-state index contributed by atoms with van der Waals surface area (Å²) in [6, 6.07) is 2.76. The van der Waals surface area contributed by atoms with E-state index in [0.29, 0.717) is 6.04 Å². The molecule has 1 fully saturated rings. The van der Waals surface area contributed by atoms with Crippen LogP contribution in [0.25, 0.3) is 0 Å². The van der Waals surface area contributed by atoms with Crippen molar-refractivity contribution in [1.82, 2.24) is 14.7 Å². The first-order valence-corrected chi connectivity index (χ1v) is 8.77. The number of likely N-dealkylation sites (N-methyl/N-ethyl adjacent to an activating group) is 1. The lowest BCUT2D eigenvalue weighted by atomic mass is 10.0. The van der Waals surface area contributed by atoms with Crippen molar-refractivity contribution in [1.29, 1.82) is 0 Å². The molecule has 4 nitrogen and oxygen atoms in total. The standard InChI is InChI=1S/C16H30N4S/c1-13-5-12-21-16(13)15(14(2)17)20-10-8-19(9-11-20)7-6-18(3)4/h5,12,14-15H,6-11,17H2,1-4H3. The third kappa shape index (κ3) is 4.50. The Morgan fingerprint density at radius 2 is 1.95 bits per heavy atom. The fourth-order valence-corrected chi connectivity index (χ4v) is 4.21. The Hall–Kier alpha value is -0.460. The molecule has 0 saturated carbocycles. The van der Waals surface area contributed by atoms with Gasteiger partial charge in [-0.1, -0.05) is 0 Å². The Bertz CT molecular complexity index is 422. The number of nitrogens with zero attached hydrogens (tertiary/aromatic N) is 3. The van der Waals surface area contributed by atoms with Crippen LogP contribution < -0.4 is 5.73 Å². The van der Waals surface area contributed by atoms with Gasteiger partial charge in [-0.25, -0.2) is 0 Å². The summed E-state index contributed by atoms with van der Waals surface area (Å²) in [5, 5.41) is 2.19. The molecule has 2 atom stereocenters. The summed E-state index contributed by atoms with van der Waals surface area (Å²) < 4.78 is 0. The van der Waals surface area contributed by atoms with Gasteiger partial charge in [0, 0.05) is 50.2 Å². The van der Waals surface area contributed by atoms with Crippen LogP contribution in [0.5, 0.6) is 0 Å². The van der Waals surface area contributed by atoms with E-state index in [1.807, 2.05) is 11.3 Å². The molecule has 1 aromatic rings. The highest BCUT2D eigenvalue weighted by atomic mass is 32.1. The highest BCUT2D eigenvalue weighted by molar-refractivity contribution is 7.10. The van der Waals surface area contributed by atoms with E-state index in [0.717, 1.165) is 32.7 Å². The first-order chi connectivity index (χ1) is 9.99. The van der Waals surface area contributed by atoms with Gasteiger partial charge >= 0.3 is 0 Å². The predicted molar refractivity (Wildman–Crippen MR) is 92.0 cm³/mol. The third-order valence-electron chi connectivity index (χ3n) is 4.33. The van der Waals surface area contributed by atoms with E-state index in [9.17, 15) is 0 Å². The second kappa shape index (κ2) is 7.70. The van der Waals surface area contributed by atoms with E-state index in [4.69, 9.17) is 5.73 Å². The van der Waals surface area contributed by atoms with E-state index in [2.05, 4.69) is 54.1 Å². The Kier molecular flexibility index (Phi) is 6.20. The number of rotatable bonds is 6. The Morgan fingerprint density at radius 1 is 1.29 bits per heavy atom. The molecule has 0 bridgehead atoms. The van der Waals surface area contributed by atoms with Crippen LogP contribution >= 0.6 is 11.3 Å². The maximum atomic E-state index is 6.31. The Morgan fingerprint density at radius 3 is 2.43 bits per heavy atom. The zero-order valence-electron chi connectivity index (χ0n) is 13.9. The second-order valence-electron chi connectivity index (χ2n) is 6.45. The van der Waals surface area contributed by atoms with Crippen molar-refractivity contribution >= 4 is 11.3 Å². The molecular weight excluding hydrogens is 280 g/mol. The van der Waals surface area contributed by atoms with Crippen LogP contribution in [0.15, 0.2) is 11.4 Å². The molecule has 1 aliphatic heterocycles. The molecule has 0 amide bonds. The van der Waals surface area contributed by atoms with Gasteiger partial charge in [-0.2, -0.15) is 0 Å². The van der Waals surface area contributed by atoms with Gasteiger partial charge in [0.1, 0.15) is 0 Å². The van der Waals surface area contributed by atoms with Crippen molar-refractivity contribution in [3.8, 4) is 0 Å². The molecule has 1 aromatic heterocycles. The number of nitrogens with two attached hydrogens (primary N) is 1. The Labute approximate surface area is 133 Å². The number of hydrogen-bond acceptors (Lipinski definition) is 5. The molecule has 0 radical (unpaired) electrons. The molecule has 5 heteroatoms. The van der Waals surface area contributed by atoms with Crippen molar-refractivity contribution in [3.63, 3.8) is 0 Å². The highest BCUT2D eigenvalue weighted by Gasteiger charge is 2.29. The van der Waals surface area contributed by atoms with E-state index >= 15 is 0 Å². The van der Waals surface area contributed by atoms with E-state index in [-0.39, 0.29) is 6.04 Å². The molecule has 0 aromatic carbocycles. The fourth-order valence-electron chi connectivity index (χ4n) is 3.03. The minimum atomic E-state index is 0.177. The molecule has 120 valence electrons. The van der Waals surface area contributed by atoms with Gasteiger partial charge in [0.15, 0.2) is 0 Å². The summed E-state index contributed by atoms with van der Waals surface area (Å²) >= 11 is 1.85. The minimum absolute atomic E-state index is 0.177. The number of thiophene rings is 1. The molecular formula is C16H30N4S. The van der Waals surface area contributed by atoms with Crippen LogP contribution in [-0.2, 0) is 0 Å². The molecule has 21 heavy (non-hydrogen) atoms. The van der Waals surface area contributed by atoms with Crippen LogP contribution in [0, 0.1) is 6.92 Å².